The number of amides is 2. The smallest absolute Gasteiger partial charge is 0.245 e. The third-order valence-electron chi connectivity index (χ3n) is 5.52. The highest BCUT2D eigenvalue weighted by molar-refractivity contribution is 5.88. The number of nitrogens with zero attached hydrogens (tertiary/aromatic N) is 4. The summed E-state index contributed by atoms with van der Waals surface area (Å²) in [6.45, 7) is 3.65. The number of nitrogens with one attached hydrogen (secondary N) is 1. The third-order valence-corrected chi connectivity index (χ3v) is 5.52. The SMILES string of the molecule is CCC(=O)N1CCCC1C(=O)N1CCc2nc(-c3ccc(OC)nc3)[nH]c2C1. The summed E-state index contributed by atoms with van der Waals surface area (Å²) in [6.07, 6.45) is 4.50. The second-order valence-electron chi connectivity index (χ2n) is 7.21. The molecule has 148 valence electrons. The maximum absolute atomic E-state index is 13.1. The van der Waals surface area contributed by atoms with Crippen LogP contribution in [0.4, 0.5) is 0 Å². The molecule has 1 N–H and O–H groups in total. The number of carbonyl (C=O) groups is 2. The molecule has 1 fully saturated rings. The van der Waals surface area contributed by atoms with Crippen LogP contribution in [-0.4, -0.2) is 62.8 Å². The number of H-pyrrole nitrogens is 1. The average Bonchev–Trinajstić information content (AvgIpc) is 3.39. The lowest BCUT2D eigenvalue weighted by Crippen LogP contribution is -2.49. The zero-order valence-electron chi connectivity index (χ0n) is 16.3. The average molecular weight is 383 g/mol. The predicted molar refractivity (Wildman–Crippen MR) is 103 cm³/mol. The minimum Gasteiger partial charge on any atom is -0.481 e. The van der Waals surface area contributed by atoms with Gasteiger partial charge in [0.2, 0.25) is 17.7 Å². The second-order valence-corrected chi connectivity index (χ2v) is 7.21. The Morgan fingerprint density at radius 2 is 2.18 bits per heavy atom. The molecule has 1 saturated heterocycles. The summed E-state index contributed by atoms with van der Waals surface area (Å²) in [7, 11) is 1.58. The van der Waals surface area contributed by atoms with E-state index in [0.717, 1.165) is 35.6 Å². The number of hydrogen-bond donors (Lipinski definition) is 1. The third kappa shape index (κ3) is 3.34. The number of rotatable bonds is 4. The molecule has 0 bridgehead atoms. The molecule has 0 spiro atoms. The van der Waals surface area contributed by atoms with E-state index in [1.807, 2.05) is 17.9 Å². The summed E-state index contributed by atoms with van der Waals surface area (Å²) in [5, 5.41) is 0. The molecular formula is C20H25N5O3. The molecule has 2 aliphatic heterocycles. The van der Waals surface area contributed by atoms with Crippen molar-refractivity contribution in [2.24, 2.45) is 0 Å². The highest BCUT2D eigenvalue weighted by Crippen LogP contribution is 2.26. The summed E-state index contributed by atoms with van der Waals surface area (Å²) < 4.78 is 5.10. The zero-order valence-corrected chi connectivity index (χ0v) is 16.3. The van der Waals surface area contributed by atoms with Crippen LogP contribution < -0.4 is 4.74 Å². The van der Waals surface area contributed by atoms with Crippen molar-refractivity contribution in [3.05, 3.63) is 29.7 Å². The van der Waals surface area contributed by atoms with Gasteiger partial charge in [0.25, 0.3) is 0 Å². The Hall–Kier alpha value is -2.90. The molecule has 2 amide bonds. The molecule has 2 aromatic heterocycles. The first kappa shape index (κ1) is 18.5. The number of aromatic amines is 1. The number of methoxy groups -OCH3 is 1. The van der Waals surface area contributed by atoms with Crippen LogP contribution in [-0.2, 0) is 22.6 Å². The van der Waals surface area contributed by atoms with Crippen LogP contribution in [0.5, 0.6) is 5.88 Å². The first-order chi connectivity index (χ1) is 13.6. The van der Waals surface area contributed by atoms with Gasteiger partial charge in [-0.2, -0.15) is 0 Å². The van der Waals surface area contributed by atoms with Crippen LogP contribution in [0.3, 0.4) is 0 Å². The van der Waals surface area contributed by atoms with Gasteiger partial charge in [-0.15, -0.1) is 0 Å². The Morgan fingerprint density at radius 3 is 2.89 bits per heavy atom. The normalized spacial score (nSPS) is 18.9. The highest BCUT2D eigenvalue weighted by atomic mass is 16.5. The van der Waals surface area contributed by atoms with E-state index in [9.17, 15) is 9.59 Å². The molecule has 0 radical (unpaired) electrons. The van der Waals surface area contributed by atoms with Crippen molar-refractivity contribution in [1.29, 1.82) is 0 Å². The first-order valence-electron chi connectivity index (χ1n) is 9.77. The van der Waals surface area contributed by atoms with Crippen molar-refractivity contribution in [2.45, 2.75) is 45.2 Å². The van der Waals surface area contributed by atoms with Crippen LogP contribution in [0.1, 0.15) is 37.6 Å². The van der Waals surface area contributed by atoms with Gasteiger partial charge < -0.3 is 19.5 Å². The summed E-state index contributed by atoms with van der Waals surface area (Å²) in [5.41, 5.74) is 2.82. The van der Waals surface area contributed by atoms with Crippen molar-refractivity contribution in [3.8, 4) is 17.3 Å². The number of fused-ring (bicyclic) bond motifs is 1. The molecule has 1 atom stereocenters. The van der Waals surface area contributed by atoms with Crippen molar-refractivity contribution >= 4 is 11.8 Å². The van der Waals surface area contributed by atoms with Crippen LogP contribution in [0.2, 0.25) is 0 Å². The van der Waals surface area contributed by atoms with Gasteiger partial charge in [-0.3, -0.25) is 9.59 Å². The Balaban J connectivity index is 1.49. The van der Waals surface area contributed by atoms with E-state index < -0.39 is 0 Å². The molecule has 2 aliphatic rings. The van der Waals surface area contributed by atoms with Gasteiger partial charge in [0, 0.05) is 43.8 Å². The number of likely N-dealkylation sites (tertiary alicyclic amines) is 1. The summed E-state index contributed by atoms with van der Waals surface area (Å²) in [6, 6.07) is 3.39. The lowest BCUT2D eigenvalue weighted by atomic mass is 10.1. The van der Waals surface area contributed by atoms with E-state index in [4.69, 9.17) is 4.74 Å². The summed E-state index contributed by atoms with van der Waals surface area (Å²) >= 11 is 0. The molecule has 2 aromatic rings. The van der Waals surface area contributed by atoms with Crippen molar-refractivity contribution in [2.75, 3.05) is 20.2 Å². The lowest BCUT2D eigenvalue weighted by Gasteiger charge is -2.32. The monoisotopic (exact) mass is 383 g/mol. The summed E-state index contributed by atoms with van der Waals surface area (Å²) in [4.78, 5) is 41.1. The van der Waals surface area contributed by atoms with Gasteiger partial charge >= 0.3 is 0 Å². The maximum Gasteiger partial charge on any atom is 0.245 e. The molecule has 28 heavy (non-hydrogen) atoms. The van der Waals surface area contributed by atoms with Gasteiger partial charge in [-0.25, -0.2) is 9.97 Å². The number of pyridine rings is 1. The van der Waals surface area contributed by atoms with Gasteiger partial charge in [-0.05, 0) is 18.9 Å². The van der Waals surface area contributed by atoms with E-state index in [-0.39, 0.29) is 17.9 Å². The van der Waals surface area contributed by atoms with Crippen LogP contribution in [0.25, 0.3) is 11.4 Å². The number of aromatic nitrogens is 3. The Labute approximate surface area is 163 Å². The van der Waals surface area contributed by atoms with Crippen molar-refractivity contribution < 1.29 is 14.3 Å². The van der Waals surface area contributed by atoms with E-state index in [2.05, 4.69) is 15.0 Å². The summed E-state index contributed by atoms with van der Waals surface area (Å²) in [5.74, 6) is 1.41. The largest absolute Gasteiger partial charge is 0.481 e. The van der Waals surface area contributed by atoms with E-state index >= 15 is 0 Å². The Morgan fingerprint density at radius 1 is 1.32 bits per heavy atom. The quantitative estimate of drug-likeness (QED) is 0.869. The lowest BCUT2D eigenvalue weighted by molar-refractivity contribution is -0.144. The number of hydrogen-bond acceptors (Lipinski definition) is 5. The fraction of sp³-hybridized carbons (Fsp3) is 0.500. The fourth-order valence-corrected chi connectivity index (χ4v) is 4.00. The predicted octanol–water partition coefficient (Wildman–Crippen LogP) is 1.77. The standard InChI is InChI=1S/C20H25N5O3/c1-3-18(26)25-9-4-5-16(25)20(27)24-10-8-14-15(12-24)23-19(22-14)13-6-7-17(28-2)21-11-13/h6-7,11,16H,3-5,8-10,12H2,1-2H3,(H,22,23). The number of ether oxygens (including phenoxy) is 1. The Kier molecular flexibility index (Phi) is 5.02. The molecular weight excluding hydrogens is 358 g/mol. The molecule has 4 heterocycles. The molecule has 0 aliphatic carbocycles. The molecule has 8 heteroatoms. The molecule has 1 unspecified atom stereocenters. The topological polar surface area (TPSA) is 91.4 Å². The minimum absolute atomic E-state index is 0.0483. The first-order valence-corrected chi connectivity index (χ1v) is 9.77. The van der Waals surface area contributed by atoms with Crippen molar-refractivity contribution in [1.82, 2.24) is 24.8 Å². The second kappa shape index (κ2) is 7.61. The van der Waals surface area contributed by atoms with Crippen LogP contribution in [0.15, 0.2) is 18.3 Å². The molecule has 4 rings (SSSR count). The van der Waals surface area contributed by atoms with Gasteiger partial charge in [-0.1, -0.05) is 6.92 Å². The minimum atomic E-state index is -0.317. The van der Waals surface area contributed by atoms with E-state index in [0.29, 0.717) is 38.4 Å². The Bertz CT molecular complexity index is 876. The maximum atomic E-state index is 13.1. The highest BCUT2D eigenvalue weighted by Gasteiger charge is 2.37. The van der Waals surface area contributed by atoms with Gasteiger partial charge in [0.1, 0.15) is 11.9 Å². The fourth-order valence-electron chi connectivity index (χ4n) is 4.00. The zero-order chi connectivity index (χ0) is 19.7. The number of carbonyl (C=O) groups excluding carboxylic acids is 2. The van der Waals surface area contributed by atoms with Gasteiger partial charge in [0.15, 0.2) is 0 Å². The van der Waals surface area contributed by atoms with Gasteiger partial charge in [0.05, 0.1) is 25.0 Å². The van der Waals surface area contributed by atoms with E-state index in [1.54, 1.807) is 24.3 Å². The molecule has 0 saturated carbocycles. The number of imidazole rings is 1. The van der Waals surface area contributed by atoms with Crippen molar-refractivity contribution in [3.63, 3.8) is 0 Å². The van der Waals surface area contributed by atoms with Crippen LogP contribution in [0, 0.1) is 0 Å². The molecule has 0 aromatic carbocycles. The molecule has 8 nitrogen and oxygen atoms in total. The van der Waals surface area contributed by atoms with E-state index in [1.165, 1.54) is 0 Å². The van der Waals surface area contributed by atoms with Crippen LogP contribution >= 0.6 is 0 Å².